The molecule has 0 atom stereocenters. The number of methoxy groups -OCH3 is 1. The Morgan fingerprint density at radius 2 is 1.81 bits per heavy atom. The topological polar surface area (TPSA) is 99.4 Å². The van der Waals surface area contributed by atoms with Gasteiger partial charge in [0.25, 0.3) is 5.91 Å². The van der Waals surface area contributed by atoms with Crippen LogP contribution >= 0.6 is 0 Å². The van der Waals surface area contributed by atoms with Crippen LogP contribution in [-0.4, -0.2) is 34.7 Å². The third-order valence-electron chi connectivity index (χ3n) is 4.75. The van der Waals surface area contributed by atoms with E-state index in [2.05, 4.69) is 20.4 Å². The average molecular weight is 430 g/mol. The molecule has 0 bridgehead atoms. The Balaban J connectivity index is 1.35. The van der Waals surface area contributed by atoms with Crippen molar-refractivity contribution in [2.75, 3.05) is 13.7 Å². The summed E-state index contributed by atoms with van der Waals surface area (Å²) in [6, 6.07) is 16.7. The Kier molecular flexibility index (Phi) is 6.41. The summed E-state index contributed by atoms with van der Waals surface area (Å²) in [5.74, 6) is 1.75. The molecular weight excluding hydrogens is 408 g/mol. The van der Waals surface area contributed by atoms with Gasteiger partial charge in [-0.15, -0.1) is 0 Å². The van der Waals surface area contributed by atoms with Gasteiger partial charge in [0.2, 0.25) is 0 Å². The highest BCUT2D eigenvalue weighted by atomic mass is 16.5. The molecule has 0 aliphatic rings. The number of carbonyl (C=O) groups is 1. The second-order valence-electron chi connectivity index (χ2n) is 7.06. The summed E-state index contributed by atoms with van der Waals surface area (Å²) in [5.41, 5.74) is 4.17. The summed E-state index contributed by atoms with van der Waals surface area (Å²) in [7, 11) is 1.60. The molecule has 1 N–H and O–H groups in total. The lowest BCUT2D eigenvalue weighted by Crippen LogP contribution is -2.28. The molecule has 2 aromatic heterocycles. The smallest absolute Gasteiger partial charge is 0.258 e. The van der Waals surface area contributed by atoms with Gasteiger partial charge < -0.3 is 19.3 Å². The van der Waals surface area contributed by atoms with Gasteiger partial charge in [0.15, 0.2) is 12.4 Å². The first-order chi connectivity index (χ1) is 15.6. The zero-order valence-corrected chi connectivity index (χ0v) is 17.7. The normalized spacial score (nSPS) is 10.6. The van der Waals surface area contributed by atoms with E-state index in [9.17, 15) is 4.79 Å². The van der Waals surface area contributed by atoms with Gasteiger partial charge in [0.1, 0.15) is 17.8 Å². The van der Waals surface area contributed by atoms with Gasteiger partial charge in [0, 0.05) is 24.4 Å². The third kappa shape index (κ3) is 5.10. The number of hydrogen-bond donors (Lipinski definition) is 1. The predicted molar refractivity (Wildman–Crippen MR) is 118 cm³/mol. The number of aryl methyl sites for hydroxylation is 1. The maximum absolute atomic E-state index is 12.1. The van der Waals surface area contributed by atoms with E-state index in [4.69, 9.17) is 14.0 Å². The molecule has 0 radical (unpaired) electrons. The molecule has 0 fully saturated rings. The second-order valence-corrected chi connectivity index (χ2v) is 7.06. The van der Waals surface area contributed by atoms with Crippen LogP contribution in [0.25, 0.3) is 22.6 Å². The van der Waals surface area contributed by atoms with Crippen LogP contribution < -0.4 is 14.8 Å². The van der Waals surface area contributed by atoms with Gasteiger partial charge in [0.05, 0.1) is 24.1 Å². The fourth-order valence-corrected chi connectivity index (χ4v) is 3.08. The second kappa shape index (κ2) is 9.74. The summed E-state index contributed by atoms with van der Waals surface area (Å²) in [6.45, 7) is 2.19. The molecule has 0 spiro atoms. The lowest BCUT2D eigenvalue weighted by atomic mass is 10.0. The van der Waals surface area contributed by atoms with Gasteiger partial charge in [-0.3, -0.25) is 4.79 Å². The Morgan fingerprint density at radius 1 is 1.06 bits per heavy atom. The van der Waals surface area contributed by atoms with E-state index in [0.29, 0.717) is 18.1 Å². The number of hydrogen-bond acceptors (Lipinski definition) is 7. The van der Waals surface area contributed by atoms with Crippen LogP contribution in [0.3, 0.4) is 0 Å². The summed E-state index contributed by atoms with van der Waals surface area (Å²) >= 11 is 0. The van der Waals surface area contributed by atoms with Crippen molar-refractivity contribution >= 4 is 5.91 Å². The number of benzene rings is 2. The number of nitrogens with one attached hydrogen (secondary N) is 1. The zero-order chi connectivity index (χ0) is 22.3. The number of rotatable bonds is 8. The molecule has 2 aromatic carbocycles. The predicted octanol–water partition coefficient (Wildman–Crippen LogP) is 3.81. The van der Waals surface area contributed by atoms with Crippen molar-refractivity contribution in [1.29, 1.82) is 0 Å². The molecule has 8 heteroatoms. The van der Waals surface area contributed by atoms with Gasteiger partial charge in [-0.25, -0.2) is 9.97 Å². The minimum Gasteiger partial charge on any atom is -0.497 e. The van der Waals surface area contributed by atoms with E-state index in [-0.39, 0.29) is 12.5 Å². The standard InChI is InChI=1S/C24H22N4O4/c1-16-11-22(32-28-16)21-13-25-15-27-24(21)18-5-3-17(4-6-18)12-26-23(29)14-31-20-9-7-19(30-2)8-10-20/h3-11,13,15H,12,14H2,1-2H3,(H,26,29). The molecule has 0 unspecified atom stereocenters. The van der Waals surface area contributed by atoms with Gasteiger partial charge >= 0.3 is 0 Å². The van der Waals surface area contributed by atoms with Crippen LogP contribution in [0.4, 0.5) is 0 Å². The number of aromatic nitrogens is 3. The van der Waals surface area contributed by atoms with Crippen LogP contribution in [0.5, 0.6) is 11.5 Å². The largest absolute Gasteiger partial charge is 0.497 e. The molecule has 1 amide bonds. The first-order valence-electron chi connectivity index (χ1n) is 9.99. The van der Waals surface area contributed by atoms with Crippen molar-refractivity contribution in [2.24, 2.45) is 0 Å². The molecule has 4 rings (SSSR count). The lowest BCUT2D eigenvalue weighted by Gasteiger charge is -2.09. The molecule has 32 heavy (non-hydrogen) atoms. The number of amides is 1. The van der Waals surface area contributed by atoms with Crippen LogP contribution in [0.1, 0.15) is 11.3 Å². The van der Waals surface area contributed by atoms with Crippen molar-refractivity contribution in [3.8, 4) is 34.1 Å². The molecule has 0 saturated carbocycles. The maximum atomic E-state index is 12.1. The van der Waals surface area contributed by atoms with E-state index < -0.39 is 0 Å². The fraction of sp³-hybridized carbons (Fsp3) is 0.167. The van der Waals surface area contributed by atoms with E-state index in [1.165, 1.54) is 6.33 Å². The zero-order valence-electron chi connectivity index (χ0n) is 17.7. The molecule has 8 nitrogen and oxygen atoms in total. The Bertz CT molecular complexity index is 1190. The Morgan fingerprint density at radius 3 is 2.50 bits per heavy atom. The minimum absolute atomic E-state index is 0.0642. The van der Waals surface area contributed by atoms with Crippen LogP contribution in [0, 0.1) is 6.92 Å². The fourth-order valence-electron chi connectivity index (χ4n) is 3.08. The summed E-state index contributed by atoms with van der Waals surface area (Å²) in [6.07, 6.45) is 3.21. The molecule has 4 aromatic rings. The highest BCUT2D eigenvalue weighted by Gasteiger charge is 2.13. The molecule has 0 aliphatic heterocycles. The molecule has 162 valence electrons. The average Bonchev–Trinajstić information content (AvgIpc) is 3.28. The minimum atomic E-state index is -0.205. The summed E-state index contributed by atoms with van der Waals surface area (Å²) < 4.78 is 16.0. The molecule has 0 saturated heterocycles. The molecule has 2 heterocycles. The van der Waals surface area contributed by atoms with Crippen molar-refractivity contribution < 1.29 is 18.8 Å². The highest BCUT2D eigenvalue weighted by Crippen LogP contribution is 2.30. The monoisotopic (exact) mass is 430 g/mol. The van der Waals surface area contributed by atoms with Crippen LogP contribution in [0.15, 0.2) is 71.6 Å². The van der Waals surface area contributed by atoms with Gasteiger partial charge in [-0.2, -0.15) is 0 Å². The van der Waals surface area contributed by atoms with Gasteiger partial charge in [-0.1, -0.05) is 29.4 Å². The van der Waals surface area contributed by atoms with Crippen molar-refractivity contribution in [3.05, 3.63) is 78.4 Å². The number of nitrogens with zero attached hydrogens (tertiary/aromatic N) is 3. The Hall–Kier alpha value is -4.20. The number of carbonyl (C=O) groups excluding carboxylic acids is 1. The van der Waals surface area contributed by atoms with E-state index in [0.717, 1.165) is 33.8 Å². The van der Waals surface area contributed by atoms with E-state index in [1.54, 1.807) is 37.6 Å². The molecule has 0 aliphatic carbocycles. The summed E-state index contributed by atoms with van der Waals surface area (Å²) in [4.78, 5) is 20.6. The molecular formula is C24H22N4O4. The lowest BCUT2D eigenvalue weighted by molar-refractivity contribution is -0.123. The third-order valence-corrected chi connectivity index (χ3v) is 4.75. The Labute approximate surface area is 185 Å². The van der Waals surface area contributed by atoms with Gasteiger partial charge in [-0.05, 0) is 36.8 Å². The van der Waals surface area contributed by atoms with Crippen LogP contribution in [-0.2, 0) is 11.3 Å². The van der Waals surface area contributed by atoms with E-state index >= 15 is 0 Å². The van der Waals surface area contributed by atoms with E-state index in [1.807, 2.05) is 37.3 Å². The SMILES string of the molecule is COc1ccc(OCC(=O)NCc2ccc(-c3ncncc3-c3cc(C)no3)cc2)cc1. The summed E-state index contributed by atoms with van der Waals surface area (Å²) in [5, 5.41) is 6.79. The van der Waals surface area contributed by atoms with Crippen LogP contribution in [0.2, 0.25) is 0 Å². The van der Waals surface area contributed by atoms with Crippen molar-refractivity contribution in [3.63, 3.8) is 0 Å². The van der Waals surface area contributed by atoms with Crippen molar-refractivity contribution in [1.82, 2.24) is 20.4 Å². The first kappa shape index (κ1) is 21.0. The number of ether oxygens (including phenoxy) is 2. The maximum Gasteiger partial charge on any atom is 0.258 e. The quantitative estimate of drug-likeness (QED) is 0.454. The van der Waals surface area contributed by atoms with Crippen molar-refractivity contribution in [2.45, 2.75) is 13.5 Å². The highest BCUT2D eigenvalue weighted by molar-refractivity contribution is 5.78. The first-order valence-corrected chi connectivity index (χ1v) is 9.99.